The molecule has 0 unspecified atom stereocenters. The summed E-state index contributed by atoms with van der Waals surface area (Å²) in [6.07, 6.45) is 5.30. The average Bonchev–Trinajstić information content (AvgIpc) is 2.44. The Hall–Kier alpha value is -1.73. The van der Waals surface area contributed by atoms with Crippen molar-refractivity contribution < 1.29 is 17.6 Å². The minimum atomic E-state index is -3.21. The monoisotopic (exact) mass is 326 g/mol. The highest BCUT2D eigenvalue weighted by Gasteiger charge is 2.23. The number of nitrogens with zero attached hydrogens (tertiary/aromatic N) is 1. The van der Waals surface area contributed by atoms with Gasteiger partial charge in [0.2, 0.25) is 15.9 Å². The Bertz CT molecular complexity index is 665. The molecule has 1 saturated heterocycles. The van der Waals surface area contributed by atoms with Gasteiger partial charge in [-0.15, -0.1) is 0 Å². The lowest BCUT2D eigenvalue weighted by molar-refractivity contribution is -0.126. The first kappa shape index (κ1) is 16.6. The average molecular weight is 326 g/mol. The molecule has 1 heterocycles. The van der Waals surface area contributed by atoms with Gasteiger partial charge in [0.25, 0.3) is 0 Å². The van der Waals surface area contributed by atoms with Crippen LogP contribution in [0.1, 0.15) is 18.4 Å². The summed E-state index contributed by atoms with van der Waals surface area (Å²) in [5.41, 5.74) is 0.627. The highest BCUT2D eigenvalue weighted by Crippen LogP contribution is 2.12. The van der Waals surface area contributed by atoms with E-state index in [0.29, 0.717) is 31.5 Å². The zero-order valence-corrected chi connectivity index (χ0v) is 13.1. The van der Waals surface area contributed by atoms with E-state index in [2.05, 4.69) is 4.72 Å². The van der Waals surface area contributed by atoms with Crippen LogP contribution in [0.25, 0.3) is 6.08 Å². The van der Waals surface area contributed by atoms with E-state index in [0.717, 1.165) is 6.26 Å². The summed E-state index contributed by atoms with van der Waals surface area (Å²) in [5, 5.41) is 0. The van der Waals surface area contributed by atoms with E-state index in [1.807, 2.05) is 0 Å². The van der Waals surface area contributed by atoms with Gasteiger partial charge < -0.3 is 4.90 Å². The van der Waals surface area contributed by atoms with E-state index in [1.54, 1.807) is 23.1 Å². The van der Waals surface area contributed by atoms with Crippen LogP contribution < -0.4 is 4.72 Å². The second-order valence-electron chi connectivity index (χ2n) is 5.38. The highest BCUT2D eigenvalue weighted by atomic mass is 32.2. The maximum absolute atomic E-state index is 13.0. The maximum atomic E-state index is 13.0. The summed E-state index contributed by atoms with van der Waals surface area (Å²) >= 11 is 0. The standard InChI is InChI=1S/C15H19FN2O3S/c1-22(20,21)17-14-7-9-18(10-8-14)15(19)6-5-12-3-2-4-13(16)11-12/h2-6,11,14,17H,7-10H2,1H3/b6-5+. The number of carbonyl (C=O) groups is 1. The molecule has 0 bridgehead atoms. The van der Waals surface area contributed by atoms with E-state index >= 15 is 0 Å². The molecule has 0 aliphatic carbocycles. The molecule has 22 heavy (non-hydrogen) atoms. The predicted octanol–water partition coefficient (Wildman–Crippen LogP) is 1.38. The van der Waals surface area contributed by atoms with Crippen LogP contribution in [0.15, 0.2) is 30.3 Å². The van der Waals surface area contributed by atoms with Crippen LogP contribution in [0, 0.1) is 5.82 Å². The minimum absolute atomic E-state index is 0.119. The van der Waals surface area contributed by atoms with Crippen molar-refractivity contribution in [3.63, 3.8) is 0 Å². The van der Waals surface area contributed by atoms with Crippen molar-refractivity contribution in [3.05, 3.63) is 41.7 Å². The van der Waals surface area contributed by atoms with Crippen LogP contribution in [0.3, 0.4) is 0 Å². The number of nitrogens with one attached hydrogen (secondary N) is 1. The number of carbonyl (C=O) groups excluding carboxylic acids is 1. The van der Waals surface area contributed by atoms with Gasteiger partial charge >= 0.3 is 0 Å². The molecule has 1 fully saturated rings. The Kier molecular flexibility index (Phi) is 5.31. The normalized spacial score (nSPS) is 17.1. The number of piperidine rings is 1. The Morgan fingerprint density at radius 1 is 1.36 bits per heavy atom. The lowest BCUT2D eigenvalue weighted by Gasteiger charge is -2.31. The molecule has 1 N–H and O–H groups in total. The van der Waals surface area contributed by atoms with E-state index in [9.17, 15) is 17.6 Å². The zero-order chi connectivity index (χ0) is 16.2. The van der Waals surface area contributed by atoms with Crippen LogP contribution in [-0.2, 0) is 14.8 Å². The fourth-order valence-electron chi connectivity index (χ4n) is 2.40. The fraction of sp³-hybridized carbons (Fsp3) is 0.400. The molecule has 0 aromatic heterocycles. The summed E-state index contributed by atoms with van der Waals surface area (Å²) in [5.74, 6) is -0.496. The maximum Gasteiger partial charge on any atom is 0.246 e. The number of benzene rings is 1. The molecular formula is C15H19FN2O3S. The van der Waals surface area contributed by atoms with Crippen LogP contribution >= 0.6 is 0 Å². The van der Waals surface area contributed by atoms with Crippen molar-refractivity contribution in [2.75, 3.05) is 19.3 Å². The van der Waals surface area contributed by atoms with Gasteiger partial charge in [0.15, 0.2) is 0 Å². The molecule has 1 aliphatic rings. The summed E-state index contributed by atoms with van der Waals surface area (Å²) in [6, 6.07) is 5.88. The topological polar surface area (TPSA) is 66.5 Å². The Labute approximate surface area is 129 Å². The molecule has 1 aromatic rings. The molecule has 7 heteroatoms. The third-order valence-corrected chi connectivity index (χ3v) is 4.22. The van der Waals surface area contributed by atoms with Gasteiger partial charge in [-0.25, -0.2) is 17.5 Å². The number of halogens is 1. The number of hydrogen-bond donors (Lipinski definition) is 1. The SMILES string of the molecule is CS(=O)(=O)NC1CCN(C(=O)/C=C/c2cccc(F)c2)CC1. The zero-order valence-electron chi connectivity index (χ0n) is 12.3. The second kappa shape index (κ2) is 7.02. The quantitative estimate of drug-likeness (QED) is 0.850. The lowest BCUT2D eigenvalue weighted by atomic mass is 10.1. The molecule has 1 aromatic carbocycles. The molecule has 2 rings (SSSR count). The van der Waals surface area contributed by atoms with Gasteiger partial charge in [0, 0.05) is 25.2 Å². The first-order valence-corrected chi connectivity index (χ1v) is 8.92. The number of hydrogen-bond acceptors (Lipinski definition) is 3. The van der Waals surface area contributed by atoms with Crippen molar-refractivity contribution in [1.29, 1.82) is 0 Å². The number of rotatable bonds is 4. The first-order valence-electron chi connectivity index (χ1n) is 7.03. The summed E-state index contributed by atoms with van der Waals surface area (Å²) in [4.78, 5) is 13.7. The smallest absolute Gasteiger partial charge is 0.246 e. The molecule has 0 atom stereocenters. The van der Waals surface area contributed by atoms with Crippen molar-refractivity contribution in [3.8, 4) is 0 Å². The van der Waals surface area contributed by atoms with E-state index < -0.39 is 10.0 Å². The molecule has 1 amide bonds. The van der Waals surface area contributed by atoms with E-state index in [-0.39, 0.29) is 17.8 Å². The minimum Gasteiger partial charge on any atom is -0.339 e. The van der Waals surface area contributed by atoms with Crippen molar-refractivity contribution in [2.45, 2.75) is 18.9 Å². The summed E-state index contributed by atoms with van der Waals surface area (Å²) in [7, 11) is -3.21. The van der Waals surface area contributed by atoms with E-state index in [1.165, 1.54) is 18.2 Å². The van der Waals surface area contributed by atoms with Gasteiger partial charge in [0.05, 0.1) is 6.26 Å². The first-order chi connectivity index (χ1) is 10.3. The molecule has 5 nitrogen and oxygen atoms in total. The van der Waals surface area contributed by atoms with Crippen LogP contribution in [0.4, 0.5) is 4.39 Å². The third kappa shape index (κ3) is 5.23. The van der Waals surface area contributed by atoms with E-state index in [4.69, 9.17) is 0 Å². The van der Waals surface area contributed by atoms with Gasteiger partial charge in [0.1, 0.15) is 5.82 Å². The van der Waals surface area contributed by atoms with Gasteiger partial charge in [-0.1, -0.05) is 12.1 Å². The Morgan fingerprint density at radius 3 is 2.64 bits per heavy atom. The predicted molar refractivity (Wildman–Crippen MR) is 83.0 cm³/mol. The molecule has 0 saturated carbocycles. The van der Waals surface area contributed by atoms with Gasteiger partial charge in [-0.2, -0.15) is 0 Å². The number of sulfonamides is 1. The molecule has 0 spiro atoms. The molecule has 1 aliphatic heterocycles. The molecule has 120 valence electrons. The summed E-state index contributed by atoms with van der Waals surface area (Å²) < 4.78 is 37.9. The van der Waals surface area contributed by atoms with Crippen molar-refractivity contribution in [2.24, 2.45) is 0 Å². The number of likely N-dealkylation sites (tertiary alicyclic amines) is 1. The Morgan fingerprint density at radius 2 is 2.05 bits per heavy atom. The fourth-order valence-corrected chi connectivity index (χ4v) is 3.24. The largest absolute Gasteiger partial charge is 0.339 e. The van der Waals surface area contributed by atoms with Crippen LogP contribution in [0.5, 0.6) is 0 Å². The van der Waals surface area contributed by atoms with Crippen molar-refractivity contribution >= 4 is 22.0 Å². The van der Waals surface area contributed by atoms with Crippen molar-refractivity contribution in [1.82, 2.24) is 9.62 Å². The summed E-state index contributed by atoms with van der Waals surface area (Å²) in [6.45, 7) is 0.999. The Balaban J connectivity index is 1.87. The van der Waals surface area contributed by atoms with Gasteiger partial charge in [-0.05, 0) is 36.6 Å². The third-order valence-electron chi connectivity index (χ3n) is 3.45. The van der Waals surface area contributed by atoms with Crippen LogP contribution in [0.2, 0.25) is 0 Å². The molecule has 0 radical (unpaired) electrons. The van der Waals surface area contributed by atoms with Gasteiger partial charge in [-0.3, -0.25) is 4.79 Å². The molecular weight excluding hydrogens is 307 g/mol. The second-order valence-corrected chi connectivity index (χ2v) is 7.16. The highest BCUT2D eigenvalue weighted by molar-refractivity contribution is 7.88. The van der Waals surface area contributed by atoms with Crippen LogP contribution in [-0.4, -0.2) is 44.6 Å². The lowest BCUT2D eigenvalue weighted by Crippen LogP contribution is -2.45. The number of amides is 1.